The molecule has 1 saturated heterocycles. The Morgan fingerprint density at radius 3 is 2.77 bits per heavy atom. The van der Waals surface area contributed by atoms with E-state index in [0.29, 0.717) is 25.8 Å². The highest BCUT2D eigenvalue weighted by Crippen LogP contribution is 2.25. The Hall–Kier alpha value is -2.64. The predicted octanol–water partition coefficient (Wildman–Crippen LogP) is 3.18. The number of hydrogen-bond acceptors (Lipinski definition) is 5. The standard InChI is InChI=1S/C24H28N2O4S/c1-2-7-19-8-3-6-11-23(19)30-16-20(27)15-26-22-10-5-4-9-21(22)25-24(26)14-18-12-13-31(28,29)17-18/h2-6,8-11,18,20,27H,1,7,12-17H2. The van der Waals surface area contributed by atoms with Gasteiger partial charge in [0.15, 0.2) is 9.84 Å². The van der Waals surface area contributed by atoms with E-state index in [1.54, 1.807) is 0 Å². The molecule has 2 aromatic carbocycles. The summed E-state index contributed by atoms with van der Waals surface area (Å²) in [5.74, 6) is 2.09. The summed E-state index contributed by atoms with van der Waals surface area (Å²) in [5, 5.41) is 10.7. The highest BCUT2D eigenvalue weighted by Gasteiger charge is 2.29. The number of rotatable bonds is 9. The molecule has 3 aromatic rings. The second kappa shape index (κ2) is 9.24. The first-order valence-electron chi connectivity index (χ1n) is 10.6. The fourth-order valence-corrected chi connectivity index (χ4v) is 6.06. The third-order valence-electron chi connectivity index (χ3n) is 5.69. The molecule has 2 heterocycles. The van der Waals surface area contributed by atoms with Crippen LogP contribution in [0.2, 0.25) is 0 Å². The summed E-state index contributed by atoms with van der Waals surface area (Å²) in [6.45, 7) is 4.26. The molecule has 0 aliphatic carbocycles. The molecule has 4 rings (SSSR count). The number of allylic oxidation sites excluding steroid dienone is 1. The second-order valence-corrected chi connectivity index (χ2v) is 10.4. The molecule has 7 heteroatoms. The quantitative estimate of drug-likeness (QED) is 0.517. The van der Waals surface area contributed by atoms with Gasteiger partial charge in [-0.2, -0.15) is 0 Å². The van der Waals surface area contributed by atoms with Gasteiger partial charge in [-0.05, 0) is 42.5 Å². The van der Waals surface area contributed by atoms with Gasteiger partial charge < -0.3 is 14.4 Å². The van der Waals surface area contributed by atoms with Gasteiger partial charge in [-0.15, -0.1) is 6.58 Å². The number of imidazole rings is 1. The van der Waals surface area contributed by atoms with Crippen molar-refractivity contribution in [1.29, 1.82) is 0 Å². The van der Waals surface area contributed by atoms with E-state index in [-0.39, 0.29) is 24.0 Å². The largest absolute Gasteiger partial charge is 0.491 e. The van der Waals surface area contributed by atoms with Crippen molar-refractivity contribution in [3.05, 3.63) is 72.6 Å². The molecule has 1 aliphatic rings. The van der Waals surface area contributed by atoms with E-state index in [0.717, 1.165) is 28.2 Å². The first-order chi connectivity index (χ1) is 14.9. The van der Waals surface area contributed by atoms with Gasteiger partial charge in [0.05, 0.1) is 29.1 Å². The van der Waals surface area contributed by atoms with Gasteiger partial charge >= 0.3 is 0 Å². The van der Waals surface area contributed by atoms with Gasteiger partial charge in [-0.3, -0.25) is 0 Å². The SMILES string of the molecule is C=CCc1ccccc1OCC(O)Cn1c(CC2CCS(=O)(=O)C2)nc2ccccc21. The van der Waals surface area contributed by atoms with Crippen molar-refractivity contribution in [2.45, 2.75) is 31.9 Å². The fourth-order valence-electron chi connectivity index (χ4n) is 4.19. The van der Waals surface area contributed by atoms with E-state index in [4.69, 9.17) is 9.72 Å². The van der Waals surface area contributed by atoms with Gasteiger partial charge in [-0.1, -0.05) is 36.4 Å². The van der Waals surface area contributed by atoms with Crippen LogP contribution in [0.5, 0.6) is 5.75 Å². The Morgan fingerprint density at radius 2 is 2.00 bits per heavy atom. The van der Waals surface area contributed by atoms with E-state index in [2.05, 4.69) is 6.58 Å². The van der Waals surface area contributed by atoms with Crippen LogP contribution in [0.4, 0.5) is 0 Å². The normalized spacial score (nSPS) is 18.8. The van der Waals surface area contributed by atoms with Crippen LogP contribution < -0.4 is 4.74 Å². The van der Waals surface area contributed by atoms with Gasteiger partial charge in [0.25, 0.3) is 0 Å². The van der Waals surface area contributed by atoms with E-state index < -0.39 is 15.9 Å². The first kappa shape index (κ1) is 21.6. The van der Waals surface area contributed by atoms with Crippen molar-refractivity contribution in [3.63, 3.8) is 0 Å². The van der Waals surface area contributed by atoms with E-state index in [1.165, 1.54) is 0 Å². The Labute approximate surface area is 183 Å². The lowest BCUT2D eigenvalue weighted by atomic mass is 10.1. The summed E-state index contributed by atoms with van der Waals surface area (Å²) in [5.41, 5.74) is 2.81. The van der Waals surface area contributed by atoms with Crippen molar-refractivity contribution < 1.29 is 18.3 Å². The number of fused-ring (bicyclic) bond motifs is 1. The summed E-state index contributed by atoms with van der Waals surface area (Å²) in [7, 11) is -2.94. The Kier molecular flexibility index (Phi) is 6.43. The summed E-state index contributed by atoms with van der Waals surface area (Å²) >= 11 is 0. The first-order valence-corrected chi connectivity index (χ1v) is 12.4. The minimum Gasteiger partial charge on any atom is -0.491 e. The highest BCUT2D eigenvalue weighted by molar-refractivity contribution is 7.91. The molecule has 2 unspecified atom stereocenters. The molecule has 0 bridgehead atoms. The smallest absolute Gasteiger partial charge is 0.150 e. The maximum absolute atomic E-state index is 11.9. The van der Waals surface area contributed by atoms with E-state index in [1.807, 2.05) is 59.2 Å². The van der Waals surface area contributed by atoms with E-state index in [9.17, 15) is 13.5 Å². The molecule has 1 fully saturated rings. The van der Waals surface area contributed by atoms with Crippen molar-refractivity contribution in [3.8, 4) is 5.75 Å². The topological polar surface area (TPSA) is 81.4 Å². The Morgan fingerprint density at radius 1 is 1.23 bits per heavy atom. The van der Waals surface area contributed by atoms with Crippen molar-refractivity contribution in [2.75, 3.05) is 18.1 Å². The number of para-hydroxylation sites is 3. The third-order valence-corrected chi connectivity index (χ3v) is 7.53. The number of sulfone groups is 1. The van der Waals surface area contributed by atoms with Crippen LogP contribution >= 0.6 is 0 Å². The maximum atomic E-state index is 11.9. The molecule has 0 saturated carbocycles. The summed E-state index contributed by atoms with van der Waals surface area (Å²) in [6.07, 6.45) is 3.04. The lowest BCUT2D eigenvalue weighted by Crippen LogP contribution is -2.25. The second-order valence-electron chi connectivity index (χ2n) is 8.17. The van der Waals surface area contributed by atoms with Gasteiger partial charge in [-0.25, -0.2) is 13.4 Å². The minimum atomic E-state index is -2.94. The van der Waals surface area contributed by atoms with Crippen molar-refractivity contribution in [2.24, 2.45) is 5.92 Å². The predicted molar refractivity (Wildman–Crippen MR) is 122 cm³/mol. The number of benzene rings is 2. The molecule has 0 spiro atoms. The minimum absolute atomic E-state index is 0.0692. The molecule has 1 aliphatic heterocycles. The molecule has 2 atom stereocenters. The number of hydrogen-bond donors (Lipinski definition) is 1. The average Bonchev–Trinajstić information content (AvgIpc) is 3.27. The number of aromatic nitrogens is 2. The lowest BCUT2D eigenvalue weighted by Gasteiger charge is -2.18. The zero-order valence-corrected chi connectivity index (χ0v) is 18.3. The Bertz CT molecular complexity index is 1170. The molecule has 0 radical (unpaired) electrons. The van der Waals surface area contributed by atoms with E-state index >= 15 is 0 Å². The summed E-state index contributed by atoms with van der Waals surface area (Å²) in [4.78, 5) is 4.74. The lowest BCUT2D eigenvalue weighted by molar-refractivity contribution is 0.0921. The van der Waals surface area contributed by atoms with Crippen LogP contribution in [-0.4, -0.2) is 47.3 Å². The van der Waals surface area contributed by atoms with Crippen molar-refractivity contribution >= 4 is 20.9 Å². The molecular weight excluding hydrogens is 412 g/mol. The van der Waals surface area contributed by atoms with Gasteiger partial charge in [0.2, 0.25) is 0 Å². The maximum Gasteiger partial charge on any atom is 0.150 e. The number of aliphatic hydroxyl groups is 1. The van der Waals surface area contributed by atoms with Crippen LogP contribution in [0.15, 0.2) is 61.2 Å². The third kappa shape index (κ3) is 5.17. The van der Waals surface area contributed by atoms with Crippen LogP contribution in [0, 0.1) is 5.92 Å². The molecule has 31 heavy (non-hydrogen) atoms. The van der Waals surface area contributed by atoms with Gasteiger partial charge in [0, 0.05) is 6.42 Å². The monoisotopic (exact) mass is 440 g/mol. The molecule has 164 valence electrons. The van der Waals surface area contributed by atoms with Gasteiger partial charge in [0.1, 0.15) is 24.3 Å². The average molecular weight is 441 g/mol. The zero-order valence-electron chi connectivity index (χ0n) is 17.5. The summed E-state index contributed by atoms with van der Waals surface area (Å²) < 4.78 is 31.6. The number of nitrogens with zero attached hydrogens (tertiary/aromatic N) is 2. The molecule has 1 aromatic heterocycles. The highest BCUT2D eigenvalue weighted by atomic mass is 32.2. The molecule has 6 nitrogen and oxygen atoms in total. The zero-order chi connectivity index (χ0) is 21.8. The molecular formula is C24H28N2O4S. The van der Waals surface area contributed by atoms with Crippen LogP contribution in [0.3, 0.4) is 0 Å². The number of aliphatic hydroxyl groups excluding tert-OH is 1. The molecule has 0 amide bonds. The van der Waals surface area contributed by atoms with Crippen LogP contribution in [0.25, 0.3) is 11.0 Å². The number of ether oxygens (including phenoxy) is 1. The Balaban J connectivity index is 1.50. The molecule has 1 N–H and O–H groups in total. The summed E-state index contributed by atoms with van der Waals surface area (Å²) in [6, 6.07) is 15.5. The fraction of sp³-hybridized carbons (Fsp3) is 0.375. The van der Waals surface area contributed by atoms with Crippen LogP contribution in [-0.2, 0) is 29.2 Å². The van der Waals surface area contributed by atoms with Crippen LogP contribution in [0.1, 0.15) is 17.8 Å². The van der Waals surface area contributed by atoms with Crippen molar-refractivity contribution in [1.82, 2.24) is 9.55 Å².